The summed E-state index contributed by atoms with van der Waals surface area (Å²) in [5.41, 5.74) is 3.89. The minimum absolute atomic E-state index is 0.211. The SMILES string of the molecule is Cc1ccc(N=c2c3c4c(ccc3cc3c5cc6c(cc5ccn23)OCO6)OCO4)cc1. The molecule has 2 aliphatic rings. The minimum atomic E-state index is 0.211. The number of nitrogens with zero attached hydrogens (tertiary/aromatic N) is 2. The molecule has 2 aromatic heterocycles. The second-order valence-corrected chi connectivity index (χ2v) is 8.04. The Morgan fingerprint density at radius 1 is 0.750 bits per heavy atom. The first-order valence-corrected chi connectivity index (χ1v) is 10.5. The molecular formula is C26H18N2O4. The summed E-state index contributed by atoms with van der Waals surface area (Å²) < 4.78 is 24.9. The number of ether oxygens (including phenoxy) is 4. The second-order valence-electron chi connectivity index (χ2n) is 8.04. The van der Waals surface area contributed by atoms with E-state index in [1.54, 1.807) is 0 Å². The first-order valence-electron chi connectivity index (χ1n) is 10.5. The molecule has 0 saturated heterocycles. The standard InChI is InChI=1S/C26H18N2O4/c1-15-2-5-18(6-3-15)27-26-24-17(4-7-21-25(24)32-14-29-21)10-20-19-12-23-22(30-13-31-23)11-16(19)8-9-28(20)26/h2-12H,13-14H2,1H3. The lowest BCUT2D eigenvalue weighted by atomic mass is 10.1. The molecule has 32 heavy (non-hydrogen) atoms. The van der Waals surface area contributed by atoms with Crippen LogP contribution in [0.15, 0.2) is 71.9 Å². The second kappa shape index (κ2) is 6.40. The zero-order valence-electron chi connectivity index (χ0n) is 17.3. The number of pyridine rings is 2. The molecule has 0 N–H and O–H groups in total. The van der Waals surface area contributed by atoms with Gasteiger partial charge in [-0.05, 0) is 60.2 Å². The quantitative estimate of drug-likeness (QED) is 0.274. The van der Waals surface area contributed by atoms with Crippen LogP contribution in [-0.2, 0) is 0 Å². The summed E-state index contributed by atoms with van der Waals surface area (Å²) in [6.45, 7) is 2.53. The fourth-order valence-corrected chi connectivity index (χ4v) is 4.47. The molecule has 0 spiro atoms. The molecule has 0 bridgehead atoms. The van der Waals surface area contributed by atoms with Crippen molar-refractivity contribution in [2.75, 3.05) is 13.6 Å². The molecule has 0 amide bonds. The van der Waals surface area contributed by atoms with E-state index in [0.29, 0.717) is 0 Å². The van der Waals surface area contributed by atoms with Crippen LogP contribution in [-0.4, -0.2) is 18.0 Å². The average molecular weight is 422 g/mol. The Labute approximate surface area is 182 Å². The van der Waals surface area contributed by atoms with Crippen LogP contribution in [0.25, 0.3) is 27.1 Å². The number of hydrogen-bond donors (Lipinski definition) is 0. The summed E-state index contributed by atoms with van der Waals surface area (Å²) in [5, 5.41) is 4.11. The Bertz CT molecular complexity index is 1630. The van der Waals surface area contributed by atoms with Crippen LogP contribution in [0.3, 0.4) is 0 Å². The molecule has 3 aromatic carbocycles. The van der Waals surface area contributed by atoms with Gasteiger partial charge in [0, 0.05) is 11.6 Å². The summed E-state index contributed by atoms with van der Waals surface area (Å²) in [6, 6.07) is 20.5. The van der Waals surface area contributed by atoms with E-state index in [1.165, 1.54) is 5.56 Å². The molecule has 5 aromatic rings. The maximum Gasteiger partial charge on any atom is 0.231 e. The van der Waals surface area contributed by atoms with Gasteiger partial charge in [-0.25, -0.2) is 4.99 Å². The van der Waals surface area contributed by atoms with E-state index in [9.17, 15) is 0 Å². The first kappa shape index (κ1) is 17.5. The van der Waals surface area contributed by atoms with Gasteiger partial charge in [-0.3, -0.25) is 0 Å². The van der Waals surface area contributed by atoms with Gasteiger partial charge in [0.05, 0.1) is 16.6 Å². The Morgan fingerprint density at radius 2 is 1.53 bits per heavy atom. The zero-order valence-corrected chi connectivity index (χ0v) is 17.3. The highest BCUT2D eigenvalue weighted by Crippen LogP contribution is 2.40. The summed E-state index contributed by atoms with van der Waals surface area (Å²) in [4.78, 5) is 5.07. The van der Waals surface area contributed by atoms with Crippen LogP contribution < -0.4 is 24.4 Å². The van der Waals surface area contributed by atoms with Gasteiger partial charge in [-0.2, -0.15) is 0 Å². The van der Waals surface area contributed by atoms with Crippen molar-refractivity contribution in [3.63, 3.8) is 0 Å². The summed E-state index contributed by atoms with van der Waals surface area (Å²) in [6.07, 6.45) is 2.04. The van der Waals surface area contributed by atoms with Gasteiger partial charge < -0.3 is 23.3 Å². The molecule has 0 atom stereocenters. The average Bonchev–Trinajstić information content (AvgIpc) is 3.47. The fraction of sp³-hybridized carbons (Fsp3) is 0.115. The van der Waals surface area contributed by atoms with Crippen molar-refractivity contribution < 1.29 is 18.9 Å². The lowest BCUT2D eigenvalue weighted by Crippen LogP contribution is -2.16. The Hall–Kier alpha value is -4.19. The van der Waals surface area contributed by atoms with Gasteiger partial charge in [0.15, 0.2) is 23.0 Å². The summed E-state index contributed by atoms with van der Waals surface area (Å²) >= 11 is 0. The van der Waals surface area contributed by atoms with E-state index >= 15 is 0 Å². The first-order chi connectivity index (χ1) is 15.7. The molecule has 0 fully saturated rings. The maximum absolute atomic E-state index is 5.87. The van der Waals surface area contributed by atoms with Crippen molar-refractivity contribution >= 4 is 32.7 Å². The predicted molar refractivity (Wildman–Crippen MR) is 121 cm³/mol. The number of hydrogen-bond acceptors (Lipinski definition) is 5. The van der Waals surface area contributed by atoms with Crippen molar-refractivity contribution in [3.05, 3.63) is 77.9 Å². The highest BCUT2D eigenvalue weighted by molar-refractivity contribution is 6.02. The van der Waals surface area contributed by atoms with Crippen LogP contribution in [0.5, 0.6) is 23.0 Å². The topological polar surface area (TPSA) is 53.7 Å². The smallest absolute Gasteiger partial charge is 0.231 e. The van der Waals surface area contributed by atoms with Gasteiger partial charge in [-0.1, -0.05) is 23.8 Å². The van der Waals surface area contributed by atoms with Crippen LogP contribution in [0.2, 0.25) is 0 Å². The normalized spacial score (nSPS) is 14.7. The van der Waals surface area contributed by atoms with Crippen molar-refractivity contribution in [2.45, 2.75) is 6.92 Å². The Morgan fingerprint density at radius 3 is 2.41 bits per heavy atom. The molecule has 0 aliphatic carbocycles. The maximum atomic E-state index is 5.87. The van der Waals surface area contributed by atoms with Gasteiger partial charge in [0.25, 0.3) is 0 Å². The molecule has 6 heteroatoms. The van der Waals surface area contributed by atoms with Crippen LogP contribution in [0.4, 0.5) is 5.69 Å². The molecule has 4 heterocycles. The van der Waals surface area contributed by atoms with Crippen LogP contribution in [0.1, 0.15) is 5.56 Å². The molecule has 7 rings (SSSR count). The van der Waals surface area contributed by atoms with Crippen molar-refractivity contribution in [3.8, 4) is 23.0 Å². The zero-order chi connectivity index (χ0) is 21.2. The third kappa shape index (κ3) is 2.49. The van der Waals surface area contributed by atoms with Gasteiger partial charge in [0.2, 0.25) is 13.6 Å². The number of benzene rings is 3. The Kier molecular flexibility index (Phi) is 3.50. The van der Waals surface area contributed by atoms with Crippen LogP contribution in [0, 0.1) is 6.92 Å². The van der Waals surface area contributed by atoms with E-state index < -0.39 is 0 Å². The van der Waals surface area contributed by atoms with Gasteiger partial charge in [-0.15, -0.1) is 0 Å². The number of fused-ring (bicyclic) bond motifs is 7. The highest BCUT2D eigenvalue weighted by Gasteiger charge is 2.21. The van der Waals surface area contributed by atoms with E-state index in [2.05, 4.69) is 41.7 Å². The summed E-state index contributed by atoms with van der Waals surface area (Å²) in [7, 11) is 0. The fourth-order valence-electron chi connectivity index (χ4n) is 4.47. The monoisotopic (exact) mass is 422 g/mol. The predicted octanol–water partition coefficient (Wildman–Crippen LogP) is 5.24. The molecule has 0 saturated carbocycles. The lowest BCUT2D eigenvalue weighted by molar-refractivity contribution is 0.174. The molecule has 0 radical (unpaired) electrons. The highest BCUT2D eigenvalue weighted by atomic mass is 16.7. The van der Waals surface area contributed by atoms with Crippen molar-refractivity contribution in [1.29, 1.82) is 0 Å². The van der Waals surface area contributed by atoms with E-state index in [-0.39, 0.29) is 13.6 Å². The third-order valence-electron chi connectivity index (χ3n) is 6.07. The number of rotatable bonds is 1. The number of aryl methyl sites for hydroxylation is 1. The largest absolute Gasteiger partial charge is 0.454 e. The third-order valence-corrected chi connectivity index (χ3v) is 6.07. The minimum Gasteiger partial charge on any atom is -0.454 e. The Balaban J connectivity index is 1.66. The number of aromatic nitrogens is 1. The molecule has 6 nitrogen and oxygen atoms in total. The van der Waals surface area contributed by atoms with E-state index in [0.717, 1.165) is 61.2 Å². The van der Waals surface area contributed by atoms with Gasteiger partial charge in [0.1, 0.15) is 5.49 Å². The van der Waals surface area contributed by atoms with E-state index in [4.69, 9.17) is 23.9 Å². The van der Waals surface area contributed by atoms with Crippen molar-refractivity contribution in [1.82, 2.24) is 4.40 Å². The summed E-state index contributed by atoms with van der Waals surface area (Å²) in [5.74, 6) is 3.00. The molecule has 0 unspecified atom stereocenters. The molecule has 156 valence electrons. The molecular weight excluding hydrogens is 404 g/mol. The van der Waals surface area contributed by atoms with Gasteiger partial charge >= 0.3 is 0 Å². The lowest BCUT2D eigenvalue weighted by Gasteiger charge is -2.12. The van der Waals surface area contributed by atoms with E-state index in [1.807, 2.05) is 36.5 Å². The van der Waals surface area contributed by atoms with Crippen LogP contribution >= 0.6 is 0 Å². The molecule has 2 aliphatic heterocycles. The van der Waals surface area contributed by atoms with Crippen molar-refractivity contribution in [2.24, 2.45) is 4.99 Å².